The van der Waals surface area contributed by atoms with Gasteiger partial charge in [0.2, 0.25) is 5.78 Å². The van der Waals surface area contributed by atoms with Crippen molar-refractivity contribution in [3.8, 4) is 0 Å². The lowest BCUT2D eigenvalue weighted by Gasteiger charge is -1.98. The number of aliphatic carboxylic acids is 1. The number of aromatic nitrogens is 3. The Labute approximate surface area is 93.9 Å². The van der Waals surface area contributed by atoms with Crippen LogP contribution in [0.2, 0.25) is 0 Å². The molecule has 0 saturated heterocycles. The Hall–Kier alpha value is -1.43. The molecule has 0 fully saturated rings. The van der Waals surface area contributed by atoms with Gasteiger partial charge >= 0.3 is 5.97 Å². The van der Waals surface area contributed by atoms with Gasteiger partial charge in [-0.05, 0) is 28.4 Å². The number of hydrogen-bond donors (Lipinski definition) is 1. The molecule has 6 heteroatoms. The van der Waals surface area contributed by atoms with Crippen molar-refractivity contribution >= 4 is 27.7 Å². The van der Waals surface area contributed by atoms with Gasteiger partial charge in [-0.15, -0.1) is 0 Å². The second-order valence-corrected chi connectivity index (χ2v) is 3.94. The molecule has 0 aliphatic rings. The van der Waals surface area contributed by atoms with Gasteiger partial charge in [0.15, 0.2) is 0 Å². The Morgan fingerprint density at radius 3 is 3.07 bits per heavy atom. The number of hydrogen-bond acceptors (Lipinski definition) is 3. The Balaban J connectivity index is 2.54. The summed E-state index contributed by atoms with van der Waals surface area (Å²) in [5.74, 6) is -0.308. The van der Waals surface area contributed by atoms with Crippen molar-refractivity contribution in [2.24, 2.45) is 0 Å². The van der Waals surface area contributed by atoms with Crippen LogP contribution in [-0.2, 0) is 11.2 Å². The van der Waals surface area contributed by atoms with E-state index in [0.29, 0.717) is 11.3 Å². The monoisotopic (exact) mass is 269 g/mol. The molecule has 0 amide bonds. The van der Waals surface area contributed by atoms with Crippen LogP contribution in [0.3, 0.4) is 0 Å². The molecule has 0 spiro atoms. The van der Waals surface area contributed by atoms with E-state index in [1.54, 1.807) is 10.6 Å². The van der Waals surface area contributed by atoms with E-state index in [0.717, 1.165) is 10.3 Å². The molecule has 0 aliphatic carbocycles. The number of carboxylic acid groups (broad SMARTS) is 1. The molecule has 0 aromatic carbocycles. The first-order chi connectivity index (χ1) is 7.08. The first-order valence-electron chi connectivity index (χ1n) is 4.29. The summed E-state index contributed by atoms with van der Waals surface area (Å²) in [6, 6.07) is 0. The van der Waals surface area contributed by atoms with Gasteiger partial charge in [0.1, 0.15) is 4.60 Å². The number of halogens is 1. The smallest absolute Gasteiger partial charge is 0.307 e. The molecule has 2 rings (SSSR count). The number of carboxylic acids is 1. The summed E-state index contributed by atoms with van der Waals surface area (Å²) < 4.78 is 2.53. The van der Waals surface area contributed by atoms with Gasteiger partial charge in [0, 0.05) is 12.4 Å². The second kappa shape index (κ2) is 3.62. The van der Waals surface area contributed by atoms with Crippen molar-refractivity contribution in [3.05, 3.63) is 28.3 Å². The molecule has 0 atom stereocenters. The molecule has 78 valence electrons. The molecule has 0 radical (unpaired) electrons. The molecule has 15 heavy (non-hydrogen) atoms. The fraction of sp³-hybridized carbons (Fsp3) is 0.222. The fourth-order valence-electron chi connectivity index (χ4n) is 1.32. The normalized spacial score (nSPS) is 10.8. The largest absolute Gasteiger partial charge is 0.481 e. The number of fused-ring (bicyclic) bond motifs is 1. The number of nitrogens with zero attached hydrogens (tertiary/aromatic N) is 3. The third kappa shape index (κ3) is 1.85. The maximum atomic E-state index is 10.5. The third-order valence-electron chi connectivity index (χ3n) is 1.99. The van der Waals surface area contributed by atoms with Crippen molar-refractivity contribution in [1.29, 1.82) is 0 Å². The molecule has 2 aromatic heterocycles. The van der Waals surface area contributed by atoms with Crippen LogP contribution in [0.5, 0.6) is 0 Å². The summed E-state index contributed by atoms with van der Waals surface area (Å²) in [5.41, 5.74) is 1.48. The third-order valence-corrected chi connectivity index (χ3v) is 2.95. The zero-order valence-electron chi connectivity index (χ0n) is 7.94. The first kappa shape index (κ1) is 10.1. The molecular weight excluding hydrogens is 262 g/mol. The number of rotatable bonds is 2. The SMILES string of the molecule is Cc1nc2ncc(CC(=O)O)cn2c1Br. The Kier molecular flexibility index (Phi) is 2.44. The van der Waals surface area contributed by atoms with Gasteiger partial charge in [-0.25, -0.2) is 9.97 Å². The minimum atomic E-state index is -0.871. The van der Waals surface area contributed by atoms with E-state index in [9.17, 15) is 4.79 Å². The van der Waals surface area contributed by atoms with Crippen LogP contribution < -0.4 is 0 Å². The second-order valence-electron chi connectivity index (χ2n) is 3.19. The lowest BCUT2D eigenvalue weighted by molar-refractivity contribution is -0.136. The zero-order chi connectivity index (χ0) is 11.0. The highest BCUT2D eigenvalue weighted by Crippen LogP contribution is 2.17. The van der Waals surface area contributed by atoms with Crippen LogP contribution in [0.15, 0.2) is 17.0 Å². The Bertz CT molecular complexity index is 535. The van der Waals surface area contributed by atoms with Crippen molar-refractivity contribution < 1.29 is 9.90 Å². The van der Waals surface area contributed by atoms with Crippen LogP contribution in [0.25, 0.3) is 5.78 Å². The molecule has 2 aromatic rings. The standard InChI is InChI=1S/C9H8BrN3O2/c1-5-8(10)13-4-6(2-7(14)15)3-11-9(13)12-5/h3-4H,2H2,1H3,(H,14,15). The molecule has 0 unspecified atom stereocenters. The van der Waals surface area contributed by atoms with E-state index in [1.165, 1.54) is 6.20 Å². The van der Waals surface area contributed by atoms with Crippen LogP contribution >= 0.6 is 15.9 Å². The minimum absolute atomic E-state index is 0.0351. The Morgan fingerprint density at radius 2 is 2.40 bits per heavy atom. The van der Waals surface area contributed by atoms with E-state index in [1.807, 2.05) is 6.92 Å². The molecule has 0 saturated carbocycles. The van der Waals surface area contributed by atoms with Gasteiger partial charge in [-0.2, -0.15) is 0 Å². The zero-order valence-corrected chi connectivity index (χ0v) is 9.52. The van der Waals surface area contributed by atoms with E-state index in [2.05, 4.69) is 25.9 Å². The highest BCUT2D eigenvalue weighted by atomic mass is 79.9. The molecule has 2 heterocycles. The van der Waals surface area contributed by atoms with Crippen molar-refractivity contribution in [1.82, 2.24) is 14.4 Å². The van der Waals surface area contributed by atoms with Crippen molar-refractivity contribution in [2.45, 2.75) is 13.3 Å². The van der Waals surface area contributed by atoms with Gasteiger partial charge in [0.05, 0.1) is 12.1 Å². The van der Waals surface area contributed by atoms with Gasteiger partial charge in [-0.1, -0.05) is 0 Å². The summed E-state index contributed by atoms with van der Waals surface area (Å²) in [6.07, 6.45) is 3.22. The quantitative estimate of drug-likeness (QED) is 0.896. The summed E-state index contributed by atoms with van der Waals surface area (Å²) in [4.78, 5) is 18.8. The van der Waals surface area contributed by atoms with Gasteiger partial charge in [0.25, 0.3) is 0 Å². The average molecular weight is 270 g/mol. The molecule has 5 nitrogen and oxygen atoms in total. The van der Waals surface area contributed by atoms with Crippen LogP contribution in [0.1, 0.15) is 11.3 Å². The molecule has 0 aliphatic heterocycles. The molecule has 1 N–H and O–H groups in total. The van der Waals surface area contributed by atoms with E-state index < -0.39 is 5.97 Å². The predicted octanol–water partition coefficient (Wildman–Crippen LogP) is 1.43. The Morgan fingerprint density at radius 1 is 1.67 bits per heavy atom. The van der Waals surface area contributed by atoms with Crippen molar-refractivity contribution in [2.75, 3.05) is 0 Å². The lowest BCUT2D eigenvalue weighted by atomic mass is 10.2. The van der Waals surface area contributed by atoms with Gasteiger partial charge < -0.3 is 5.11 Å². The number of aryl methyl sites for hydroxylation is 1. The maximum Gasteiger partial charge on any atom is 0.307 e. The first-order valence-corrected chi connectivity index (χ1v) is 5.08. The van der Waals surface area contributed by atoms with Crippen LogP contribution in [0, 0.1) is 6.92 Å². The lowest BCUT2D eigenvalue weighted by Crippen LogP contribution is -2.02. The highest BCUT2D eigenvalue weighted by molar-refractivity contribution is 9.10. The fourth-order valence-corrected chi connectivity index (χ4v) is 1.67. The summed E-state index contributed by atoms with van der Waals surface area (Å²) in [7, 11) is 0. The number of carbonyl (C=O) groups is 1. The van der Waals surface area contributed by atoms with Crippen LogP contribution in [-0.4, -0.2) is 25.4 Å². The average Bonchev–Trinajstić information content (AvgIpc) is 2.43. The summed E-state index contributed by atoms with van der Waals surface area (Å²) in [6.45, 7) is 1.86. The molecule has 0 bridgehead atoms. The summed E-state index contributed by atoms with van der Waals surface area (Å²) in [5, 5.41) is 8.65. The minimum Gasteiger partial charge on any atom is -0.481 e. The van der Waals surface area contributed by atoms with Gasteiger partial charge in [-0.3, -0.25) is 9.20 Å². The summed E-state index contributed by atoms with van der Waals surface area (Å²) >= 11 is 3.36. The van der Waals surface area contributed by atoms with E-state index in [-0.39, 0.29) is 6.42 Å². The van der Waals surface area contributed by atoms with Crippen LogP contribution in [0.4, 0.5) is 0 Å². The van der Waals surface area contributed by atoms with Crippen molar-refractivity contribution in [3.63, 3.8) is 0 Å². The highest BCUT2D eigenvalue weighted by Gasteiger charge is 2.08. The topological polar surface area (TPSA) is 67.5 Å². The van der Waals surface area contributed by atoms with E-state index in [4.69, 9.17) is 5.11 Å². The van der Waals surface area contributed by atoms with E-state index >= 15 is 0 Å². The maximum absolute atomic E-state index is 10.5. The number of imidazole rings is 1. The predicted molar refractivity (Wildman–Crippen MR) is 56.8 cm³/mol. The molecular formula is C9H8BrN3O2.